The first-order valence-corrected chi connectivity index (χ1v) is 10.3. The molecule has 4 rings (SSSR count). The van der Waals surface area contributed by atoms with Gasteiger partial charge in [-0.1, -0.05) is 42.5 Å². The normalized spacial score (nSPS) is 10.7. The second-order valence-electron chi connectivity index (χ2n) is 7.53. The molecule has 0 saturated carbocycles. The second-order valence-corrected chi connectivity index (χ2v) is 7.53. The van der Waals surface area contributed by atoms with E-state index in [2.05, 4.69) is 0 Å². The predicted octanol–water partition coefficient (Wildman–Crippen LogP) is 4.92. The topological polar surface area (TPSA) is 66.9 Å². The van der Waals surface area contributed by atoms with Crippen molar-refractivity contribution >= 4 is 17.5 Å². The van der Waals surface area contributed by atoms with Gasteiger partial charge in [-0.2, -0.15) is 0 Å². The summed E-state index contributed by atoms with van der Waals surface area (Å²) in [5, 5.41) is 0. The maximum Gasteiger partial charge on any atom is 0.294 e. The van der Waals surface area contributed by atoms with E-state index in [-0.39, 0.29) is 24.0 Å². The Bertz CT molecular complexity index is 1150. The van der Waals surface area contributed by atoms with Gasteiger partial charge in [0.2, 0.25) is 5.91 Å². The van der Waals surface area contributed by atoms with Crippen LogP contribution in [0.15, 0.2) is 100 Å². The molecule has 162 valence electrons. The fourth-order valence-corrected chi connectivity index (χ4v) is 3.45. The van der Waals surface area contributed by atoms with E-state index in [1.54, 1.807) is 41.3 Å². The van der Waals surface area contributed by atoms with Crippen molar-refractivity contribution in [3.05, 3.63) is 114 Å². The molecule has 0 radical (unpaired) electrons. The molecule has 0 N–H and O–H groups in total. The van der Waals surface area contributed by atoms with Crippen molar-refractivity contribution in [2.24, 2.45) is 0 Å². The van der Waals surface area contributed by atoms with Gasteiger partial charge in [0.1, 0.15) is 5.76 Å². The van der Waals surface area contributed by atoms with E-state index in [9.17, 15) is 9.59 Å². The van der Waals surface area contributed by atoms with Crippen LogP contribution in [0.1, 0.15) is 27.4 Å². The van der Waals surface area contributed by atoms with Crippen molar-refractivity contribution in [1.82, 2.24) is 4.90 Å². The number of likely N-dealkylation sites (N-methyl/N-ethyl adjacent to an activating group) is 1. The van der Waals surface area contributed by atoms with Gasteiger partial charge in [-0.25, -0.2) is 0 Å². The molecular weight excluding hydrogens is 404 g/mol. The van der Waals surface area contributed by atoms with Crippen molar-refractivity contribution in [1.29, 1.82) is 0 Å². The Labute approximate surface area is 186 Å². The van der Waals surface area contributed by atoms with Crippen LogP contribution in [-0.4, -0.2) is 23.8 Å². The monoisotopic (exact) mass is 428 g/mol. The van der Waals surface area contributed by atoms with E-state index in [1.165, 1.54) is 6.26 Å². The van der Waals surface area contributed by atoms with Gasteiger partial charge < -0.3 is 18.6 Å². The van der Waals surface area contributed by atoms with Gasteiger partial charge in [-0.15, -0.1) is 0 Å². The Balaban J connectivity index is 1.54. The highest BCUT2D eigenvalue weighted by Gasteiger charge is 2.21. The summed E-state index contributed by atoms with van der Waals surface area (Å²) in [6.45, 7) is 0.790. The highest BCUT2D eigenvalue weighted by molar-refractivity contribution is 6.04. The molecule has 0 saturated heterocycles. The van der Waals surface area contributed by atoms with Gasteiger partial charge in [-0.05, 0) is 47.5 Å². The van der Waals surface area contributed by atoms with Crippen LogP contribution >= 0.6 is 0 Å². The molecule has 0 atom stereocenters. The SMILES string of the molecule is CN(Cc1ccco1)C(=O)Cc1cccc(N(Cc2ccccc2)C(=O)c2ccco2)c1. The third-order valence-corrected chi connectivity index (χ3v) is 5.14. The van der Waals surface area contributed by atoms with Crippen molar-refractivity contribution < 1.29 is 18.4 Å². The molecule has 4 aromatic rings. The minimum Gasteiger partial charge on any atom is -0.467 e. The number of anilines is 1. The smallest absolute Gasteiger partial charge is 0.294 e. The summed E-state index contributed by atoms with van der Waals surface area (Å²) in [4.78, 5) is 29.2. The van der Waals surface area contributed by atoms with Crippen molar-refractivity contribution in [2.75, 3.05) is 11.9 Å². The quantitative estimate of drug-likeness (QED) is 0.399. The highest BCUT2D eigenvalue weighted by Crippen LogP contribution is 2.22. The Morgan fingerprint density at radius 1 is 0.781 bits per heavy atom. The van der Waals surface area contributed by atoms with Crippen LogP contribution in [0.5, 0.6) is 0 Å². The molecule has 0 aliphatic carbocycles. The van der Waals surface area contributed by atoms with Gasteiger partial charge in [-0.3, -0.25) is 9.59 Å². The van der Waals surface area contributed by atoms with Crippen molar-refractivity contribution in [3.8, 4) is 0 Å². The summed E-state index contributed by atoms with van der Waals surface area (Å²) in [5.74, 6) is 0.719. The first kappa shape index (κ1) is 21.2. The zero-order chi connectivity index (χ0) is 22.3. The summed E-state index contributed by atoms with van der Waals surface area (Å²) >= 11 is 0. The maximum absolute atomic E-state index is 13.2. The summed E-state index contributed by atoms with van der Waals surface area (Å²) in [6.07, 6.45) is 3.30. The third kappa shape index (κ3) is 5.16. The lowest BCUT2D eigenvalue weighted by molar-refractivity contribution is -0.129. The summed E-state index contributed by atoms with van der Waals surface area (Å²) < 4.78 is 10.7. The van der Waals surface area contributed by atoms with Gasteiger partial charge >= 0.3 is 0 Å². The predicted molar refractivity (Wildman–Crippen MR) is 121 cm³/mol. The average Bonchev–Trinajstić information content (AvgIpc) is 3.52. The lowest BCUT2D eigenvalue weighted by Gasteiger charge is -2.23. The molecule has 0 fully saturated rings. The van der Waals surface area contributed by atoms with Crippen LogP contribution < -0.4 is 4.90 Å². The molecule has 2 aromatic heterocycles. The maximum atomic E-state index is 13.2. The number of carbonyl (C=O) groups excluding carboxylic acids is 2. The Morgan fingerprint density at radius 2 is 1.53 bits per heavy atom. The number of benzene rings is 2. The average molecular weight is 428 g/mol. The fraction of sp³-hybridized carbons (Fsp3) is 0.154. The van der Waals surface area contributed by atoms with Gasteiger partial charge in [0.15, 0.2) is 5.76 Å². The van der Waals surface area contributed by atoms with Gasteiger partial charge in [0.05, 0.1) is 32.0 Å². The summed E-state index contributed by atoms with van der Waals surface area (Å²) in [7, 11) is 1.75. The standard InChI is InChI=1S/C26H24N2O4/c1-27(19-23-12-6-14-31-23)25(29)17-21-10-5-11-22(16-21)28(18-20-8-3-2-4-9-20)26(30)24-13-7-15-32-24/h2-16H,17-19H2,1H3. The molecule has 2 heterocycles. The summed E-state index contributed by atoms with van der Waals surface area (Å²) in [6, 6.07) is 24.2. The van der Waals surface area contributed by atoms with Crippen LogP contribution in [0.3, 0.4) is 0 Å². The molecule has 0 unspecified atom stereocenters. The molecule has 6 nitrogen and oxygen atoms in total. The van der Waals surface area contributed by atoms with Crippen LogP contribution in [-0.2, 0) is 24.3 Å². The second kappa shape index (κ2) is 9.83. The number of furan rings is 2. The van der Waals surface area contributed by atoms with Crippen LogP contribution in [0.2, 0.25) is 0 Å². The summed E-state index contributed by atoms with van der Waals surface area (Å²) in [5.41, 5.74) is 2.52. The number of amides is 2. The number of carbonyl (C=O) groups is 2. The molecular formula is C26H24N2O4. The van der Waals surface area contributed by atoms with E-state index >= 15 is 0 Å². The van der Waals surface area contributed by atoms with E-state index in [4.69, 9.17) is 8.83 Å². The highest BCUT2D eigenvalue weighted by atomic mass is 16.3. The van der Waals surface area contributed by atoms with E-state index in [0.717, 1.165) is 16.9 Å². The lowest BCUT2D eigenvalue weighted by Crippen LogP contribution is -2.30. The Morgan fingerprint density at radius 3 is 2.25 bits per heavy atom. The number of nitrogens with zero attached hydrogens (tertiary/aromatic N) is 2. The minimum atomic E-state index is -0.239. The molecule has 6 heteroatoms. The van der Waals surface area contributed by atoms with E-state index in [0.29, 0.717) is 18.8 Å². The van der Waals surface area contributed by atoms with E-state index in [1.807, 2.05) is 60.7 Å². The molecule has 0 spiro atoms. The van der Waals surface area contributed by atoms with Crippen molar-refractivity contribution in [2.45, 2.75) is 19.5 Å². The Hall–Kier alpha value is -4.06. The molecule has 2 amide bonds. The number of rotatable bonds is 8. The van der Waals surface area contributed by atoms with E-state index < -0.39 is 0 Å². The number of hydrogen-bond acceptors (Lipinski definition) is 4. The van der Waals surface area contributed by atoms with Crippen LogP contribution in [0, 0.1) is 0 Å². The Kier molecular flexibility index (Phi) is 6.51. The number of hydrogen-bond donors (Lipinski definition) is 0. The zero-order valence-electron chi connectivity index (χ0n) is 17.8. The third-order valence-electron chi connectivity index (χ3n) is 5.14. The van der Waals surface area contributed by atoms with Crippen LogP contribution in [0.25, 0.3) is 0 Å². The largest absolute Gasteiger partial charge is 0.467 e. The fourth-order valence-electron chi connectivity index (χ4n) is 3.45. The molecule has 0 aliphatic rings. The zero-order valence-corrected chi connectivity index (χ0v) is 17.8. The van der Waals surface area contributed by atoms with Gasteiger partial charge in [0, 0.05) is 12.7 Å². The molecule has 0 aliphatic heterocycles. The van der Waals surface area contributed by atoms with Crippen LogP contribution in [0.4, 0.5) is 5.69 Å². The lowest BCUT2D eigenvalue weighted by atomic mass is 10.1. The molecule has 32 heavy (non-hydrogen) atoms. The first-order valence-electron chi connectivity index (χ1n) is 10.3. The van der Waals surface area contributed by atoms with Gasteiger partial charge in [0.25, 0.3) is 5.91 Å². The first-order chi connectivity index (χ1) is 15.6. The molecule has 2 aromatic carbocycles. The molecule has 0 bridgehead atoms. The minimum absolute atomic E-state index is 0.0366. The van der Waals surface area contributed by atoms with Crippen molar-refractivity contribution in [3.63, 3.8) is 0 Å².